The highest BCUT2D eigenvalue weighted by Crippen LogP contribution is 2.27. The maximum atomic E-state index is 12.3. The van der Waals surface area contributed by atoms with E-state index < -0.39 is 0 Å². The van der Waals surface area contributed by atoms with Crippen LogP contribution < -0.4 is 10.1 Å². The van der Waals surface area contributed by atoms with Crippen molar-refractivity contribution in [1.82, 2.24) is 0 Å². The normalized spacial score (nSPS) is 15.2. The fourth-order valence-electron chi connectivity index (χ4n) is 2.96. The monoisotopic (exact) mass is 305 g/mol. The molecule has 2 heterocycles. The summed E-state index contributed by atoms with van der Waals surface area (Å²) in [7, 11) is 0. The van der Waals surface area contributed by atoms with E-state index in [1.165, 1.54) is 5.56 Å². The lowest BCUT2D eigenvalue weighted by atomic mass is 10.0. The van der Waals surface area contributed by atoms with Crippen LogP contribution in [0.3, 0.4) is 0 Å². The number of benzene rings is 2. The first kappa shape index (κ1) is 13.8. The van der Waals surface area contributed by atoms with E-state index in [4.69, 9.17) is 4.74 Å². The zero-order chi connectivity index (χ0) is 15.8. The Morgan fingerprint density at radius 1 is 1.13 bits per heavy atom. The average molecular weight is 305 g/mol. The van der Waals surface area contributed by atoms with E-state index in [9.17, 15) is 9.59 Å². The van der Waals surface area contributed by atoms with Gasteiger partial charge in [-0.2, -0.15) is 0 Å². The minimum Gasteiger partial charge on any atom is -0.493 e. The predicted octanol–water partition coefficient (Wildman–Crippen LogP) is 3.01. The molecule has 0 saturated carbocycles. The van der Waals surface area contributed by atoms with E-state index >= 15 is 0 Å². The summed E-state index contributed by atoms with van der Waals surface area (Å²) in [4.78, 5) is 23.7. The van der Waals surface area contributed by atoms with Gasteiger partial charge in [0.2, 0.25) is 5.91 Å². The summed E-state index contributed by atoms with van der Waals surface area (Å²) in [6.07, 6.45) is 4.64. The molecule has 2 aliphatic heterocycles. The number of carbonyl (C=O) groups excluding carboxylic acids is 2. The smallest absolute Gasteiger partial charge is 0.228 e. The number of allylic oxidation sites excluding steroid dienone is 1. The van der Waals surface area contributed by atoms with Gasteiger partial charge in [0.25, 0.3) is 0 Å². The predicted molar refractivity (Wildman–Crippen MR) is 87.8 cm³/mol. The molecule has 0 spiro atoms. The van der Waals surface area contributed by atoms with Crippen LogP contribution in [-0.2, 0) is 17.6 Å². The maximum Gasteiger partial charge on any atom is 0.228 e. The Bertz CT molecular complexity index is 852. The molecule has 0 aliphatic carbocycles. The molecule has 4 rings (SSSR count). The van der Waals surface area contributed by atoms with Gasteiger partial charge in [0, 0.05) is 17.7 Å². The quantitative estimate of drug-likeness (QED) is 0.700. The van der Waals surface area contributed by atoms with Gasteiger partial charge in [0.15, 0.2) is 5.78 Å². The second-order valence-corrected chi connectivity index (χ2v) is 5.76. The highest BCUT2D eigenvalue weighted by atomic mass is 16.5. The van der Waals surface area contributed by atoms with E-state index in [1.54, 1.807) is 24.3 Å². The number of carbonyl (C=O) groups is 2. The van der Waals surface area contributed by atoms with Gasteiger partial charge in [0.1, 0.15) is 5.75 Å². The number of anilines is 1. The molecule has 0 radical (unpaired) electrons. The van der Waals surface area contributed by atoms with Gasteiger partial charge < -0.3 is 10.1 Å². The van der Waals surface area contributed by atoms with E-state index in [2.05, 4.69) is 11.4 Å². The molecule has 4 heteroatoms. The number of hydrogen-bond acceptors (Lipinski definition) is 3. The third kappa shape index (κ3) is 2.63. The van der Waals surface area contributed by atoms with Gasteiger partial charge in [-0.05, 0) is 53.1 Å². The van der Waals surface area contributed by atoms with Crippen molar-refractivity contribution < 1.29 is 14.3 Å². The zero-order valence-electron chi connectivity index (χ0n) is 12.5. The van der Waals surface area contributed by atoms with Crippen LogP contribution in [0.25, 0.3) is 6.08 Å². The summed E-state index contributed by atoms with van der Waals surface area (Å²) < 4.78 is 5.48. The largest absolute Gasteiger partial charge is 0.493 e. The first-order valence-corrected chi connectivity index (χ1v) is 7.60. The minimum absolute atomic E-state index is 0.0273. The van der Waals surface area contributed by atoms with Crippen molar-refractivity contribution in [1.29, 1.82) is 0 Å². The Kier molecular flexibility index (Phi) is 3.23. The number of ketones is 1. The number of rotatable bonds is 3. The van der Waals surface area contributed by atoms with Gasteiger partial charge >= 0.3 is 0 Å². The molecule has 0 aromatic heterocycles. The number of hydrogen-bond donors (Lipinski definition) is 1. The Balaban J connectivity index is 1.54. The van der Waals surface area contributed by atoms with Crippen LogP contribution in [0.5, 0.6) is 5.75 Å². The van der Waals surface area contributed by atoms with Crippen molar-refractivity contribution in [3.8, 4) is 5.75 Å². The molecule has 2 aliphatic rings. The molecule has 23 heavy (non-hydrogen) atoms. The maximum absolute atomic E-state index is 12.3. The Morgan fingerprint density at radius 2 is 2.04 bits per heavy atom. The first-order valence-electron chi connectivity index (χ1n) is 7.60. The highest BCUT2D eigenvalue weighted by Gasteiger charge is 2.18. The molecule has 2 aromatic rings. The molecular weight excluding hydrogens is 290 g/mol. The third-order valence-electron chi connectivity index (χ3n) is 4.16. The topological polar surface area (TPSA) is 55.4 Å². The van der Waals surface area contributed by atoms with E-state index in [-0.39, 0.29) is 11.7 Å². The van der Waals surface area contributed by atoms with Gasteiger partial charge in [-0.25, -0.2) is 0 Å². The molecule has 0 fully saturated rings. The Labute approximate surface area is 133 Å². The molecule has 0 saturated heterocycles. The van der Waals surface area contributed by atoms with Gasteiger partial charge in [0.05, 0.1) is 13.0 Å². The molecule has 1 amide bonds. The lowest BCUT2D eigenvalue weighted by Crippen LogP contribution is -2.03. The lowest BCUT2D eigenvalue weighted by molar-refractivity contribution is -0.115. The molecule has 0 bridgehead atoms. The molecule has 114 valence electrons. The summed E-state index contributed by atoms with van der Waals surface area (Å²) in [5.41, 5.74) is 4.45. The van der Waals surface area contributed by atoms with E-state index in [1.807, 2.05) is 18.2 Å². The minimum atomic E-state index is -0.0658. The SMILES string of the molecule is O=C1Cc2cc(C(=O)C=Cc3ccc4c(c3)CCO4)ccc2N1. The van der Waals surface area contributed by atoms with Crippen molar-refractivity contribution in [2.24, 2.45) is 0 Å². The summed E-state index contributed by atoms with van der Waals surface area (Å²) >= 11 is 0. The summed E-state index contributed by atoms with van der Waals surface area (Å²) in [6.45, 7) is 0.726. The number of ether oxygens (including phenoxy) is 1. The number of fused-ring (bicyclic) bond motifs is 2. The summed E-state index contributed by atoms with van der Waals surface area (Å²) in [5, 5.41) is 2.77. The molecule has 0 atom stereocenters. The van der Waals surface area contributed by atoms with Crippen LogP contribution in [0.15, 0.2) is 42.5 Å². The van der Waals surface area contributed by atoms with E-state index in [0.717, 1.165) is 35.6 Å². The first-order chi connectivity index (χ1) is 11.2. The van der Waals surface area contributed by atoms with Crippen molar-refractivity contribution in [3.05, 3.63) is 64.7 Å². The van der Waals surface area contributed by atoms with Crippen LogP contribution in [0, 0.1) is 0 Å². The molecular formula is C19H15NO3. The second-order valence-electron chi connectivity index (χ2n) is 5.76. The lowest BCUT2D eigenvalue weighted by Gasteiger charge is -2.02. The zero-order valence-corrected chi connectivity index (χ0v) is 12.5. The van der Waals surface area contributed by atoms with Gasteiger partial charge in [-0.15, -0.1) is 0 Å². The fourth-order valence-corrected chi connectivity index (χ4v) is 2.96. The molecule has 0 unspecified atom stereocenters. The van der Waals surface area contributed by atoms with Crippen LogP contribution in [0.2, 0.25) is 0 Å². The van der Waals surface area contributed by atoms with Crippen LogP contribution in [0.1, 0.15) is 27.0 Å². The fraction of sp³-hybridized carbons (Fsp3) is 0.158. The Hall–Kier alpha value is -2.88. The molecule has 2 aromatic carbocycles. The molecule has 1 N–H and O–H groups in total. The van der Waals surface area contributed by atoms with Crippen molar-refractivity contribution in [2.45, 2.75) is 12.8 Å². The summed E-state index contributed by atoms with van der Waals surface area (Å²) in [5.74, 6) is 0.841. The van der Waals surface area contributed by atoms with Crippen molar-refractivity contribution in [2.75, 3.05) is 11.9 Å². The van der Waals surface area contributed by atoms with Crippen molar-refractivity contribution in [3.63, 3.8) is 0 Å². The second kappa shape index (κ2) is 5.39. The van der Waals surface area contributed by atoms with Crippen LogP contribution in [0.4, 0.5) is 5.69 Å². The van der Waals surface area contributed by atoms with Crippen molar-refractivity contribution >= 4 is 23.5 Å². The Morgan fingerprint density at radius 3 is 2.96 bits per heavy atom. The number of nitrogens with one attached hydrogen (secondary N) is 1. The standard InChI is InChI=1S/C19H15NO3/c21-17(13-3-4-16-15(10-13)11-19(22)20-16)5-1-12-2-6-18-14(9-12)7-8-23-18/h1-6,9-10H,7-8,11H2,(H,20,22). The summed E-state index contributed by atoms with van der Waals surface area (Å²) in [6, 6.07) is 11.3. The average Bonchev–Trinajstić information content (AvgIpc) is 3.16. The van der Waals surface area contributed by atoms with Crippen LogP contribution >= 0.6 is 0 Å². The van der Waals surface area contributed by atoms with E-state index in [0.29, 0.717) is 12.0 Å². The third-order valence-corrected chi connectivity index (χ3v) is 4.16. The highest BCUT2D eigenvalue weighted by molar-refractivity contribution is 6.08. The van der Waals surface area contributed by atoms with Gasteiger partial charge in [-0.3, -0.25) is 9.59 Å². The molecule has 4 nitrogen and oxygen atoms in total. The number of amides is 1. The van der Waals surface area contributed by atoms with Crippen LogP contribution in [-0.4, -0.2) is 18.3 Å². The van der Waals surface area contributed by atoms with Gasteiger partial charge in [-0.1, -0.05) is 12.1 Å².